The highest BCUT2D eigenvalue weighted by atomic mass is 15.0. The van der Waals surface area contributed by atoms with Crippen LogP contribution in [0.25, 0.3) is 0 Å². The highest BCUT2D eigenvalue weighted by Gasteiger charge is 2.53. The lowest BCUT2D eigenvalue weighted by atomic mass is 9.48. The van der Waals surface area contributed by atoms with Gasteiger partial charge in [-0.1, -0.05) is 12.8 Å². The van der Waals surface area contributed by atoms with Crippen LogP contribution in [0.5, 0.6) is 0 Å². The van der Waals surface area contributed by atoms with Crippen LogP contribution in [0.2, 0.25) is 0 Å². The summed E-state index contributed by atoms with van der Waals surface area (Å²) in [7, 11) is 0. The van der Waals surface area contributed by atoms with E-state index in [1.807, 2.05) is 0 Å². The van der Waals surface area contributed by atoms with Crippen molar-refractivity contribution >= 4 is 0 Å². The normalized spacial score (nSPS) is 47.4. The average Bonchev–Trinajstić information content (AvgIpc) is 3.10. The van der Waals surface area contributed by atoms with Crippen LogP contribution >= 0.6 is 0 Å². The molecule has 5 aliphatic rings. The molecule has 0 radical (unpaired) electrons. The Morgan fingerprint density at radius 1 is 0.947 bits per heavy atom. The molecule has 5 saturated carbocycles. The average molecular weight is 261 g/mol. The van der Waals surface area contributed by atoms with E-state index in [0.717, 1.165) is 35.8 Å². The molecule has 5 rings (SSSR count). The van der Waals surface area contributed by atoms with Crippen LogP contribution < -0.4 is 5.32 Å². The third-order valence-electron chi connectivity index (χ3n) is 6.92. The van der Waals surface area contributed by atoms with Crippen molar-refractivity contribution in [3.8, 4) is 0 Å². The maximum atomic E-state index is 4.01. The topological polar surface area (TPSA) is 12.0 Å². The minimum Gasteiger partial charge on any atom is -0.311 e. The van der Waals surface area contributed by atoms with Gasteiger partial charge in [0.15, 0.2) is 0 Å². The van der Waals surface area contributed by atoms with Crippen molar-refractivity contribution < 1.29 is 0 Å². The predicted molar refractivity (Wildman–Crippen MR) is 80.0 cm³/mol. The molecule has 5 fully saturated rings. The highest BCUT2D eigenvalue weighted by molar-refractivity contribution is 5.05. The number of nitrogens with one attached hydrogen (secondary N) is 1. The molecule has 0 amide bonds. The van der Waals surface area contributed by atoms with Crippen LogP contribution in [0.15, 0.2) is 0 Å². The Kier molecular flexibility index (Phi) is 2.99. The van der Waals surface area contributed by atoms with Gasteiger partial charge in [0.25, 0.3) is 0 Å². The fraction of sp³-hybridized carbons (Fsp3) is 1.00. The van der Waals surface area contributed by atoms with Crippen molar-refractivity contribution in [1.29, 1.82) is 0 Å². The van der Waals surface area contributed by atoms with Crippen molar-refractivity contribution in [2.75, 3.05) is 0 Å². The van der Waals surface area contributed by atoms with Gasteiger partial charge in [0.2, 0.25) is 0 Å². The van der Waals surface area contributed by atoms with Gasteiger partial charge >= 0.3 is 0 Å². The molecule has 0 heterocycles. The van der Waals surface area contributed by atoms with Gasteiger partial charge in [-0.05, 0) is 87.9 Å². The van der Waals surface area contributed by atoms with Crippen LogP contribution in [-0.4, -0.2) is 12.1 Å². The lowest BCUT2D eigenvalue weighted by Gasteiger charge is -2.59. The molecule has 2 unspecified atom stereocenters. The Labute approximate surface area is 118 Å². The summed E-state index contributed by atoms with van der Waals surface area (Å²) in [6.45, 7) is 4.94. The van der Waals surface area contributed by atoms with E-state index in [1.165, 1.54) is 19.3 Å². The molecule has 1 heteroatoms. The molecule has 5 aliphatic carbocycles. The molecule has 0 aromatic rings. The van der Waals surface area contributed by atoms with Gasteiger partial charge in [0.1, 0.15) is 0 Å². The molecule has 0 saturated heterocycles. The third-order valence-corrected chi connectivity index (χ3v) is 6.92. The van der Waals surface area contributed by atoms with Gasteiger partial charge in [-0.15, -0.1) is 0 Å². The van der Waals surface area contributed by atoms with E-state index in [1.54, 1.807) is 38.5 Å². The molecule has 0 aromatic carbocycles. The van der Waals surface area contributed by atoms with Crippen molar-refractivity contribution in [1.82, 2.24) is 5.32 Å². The van der Waals surface area contributed by atoms with Gasteiger partial charge in [-0.3, -0.25) is 0 Å². The van der Waals surface area contributed by atoms with E-state index in [0.29, 0.717) is 5.41 Å². The van der Waals surface area contributed by atoms with Gasteiger partial charge in [-0.2, -0.15) is 0 Å². The fourth-order valence-corrected chi connectivity index (χ4v) is 6.23. The quantitative estimate of drug-likeness (QED) is 0.775. The van der Waals surface area contributed by atoms with Crippen LogP contribution in [0.1, 0.15) is 71.6 Å². The van der Waals surface area contributed by atoms with Crippen molar-refractivity contribution in [3.63, 3.8) is 0 Å². The van der Waals surface area contributed by atoms with Crippen LogP contribution in [0.4, 0.5) is 0 Å². The highest BCUT2D eigenvalue weighted by Crippen LogP contribution is 2.61. The van der Waals surface area contributed by atoms with E-state index < -0.39 is 0 Å². The van der Waals surface area contributed by atoms with Crippen LogP contribution in [0, 0.1) is 29.1 Å². The van der Waals surface area contributed by atoms with E-state index in [9.17, 15) is 0 Å². The number of hydrogen-bond acceptors (Lipinski definition) is 1. The molecule has 0 aliphatic heterocycles. The second-order valence-corrected chi connectivity index (χ2v) is 8.75. The van der Waals surface area contributed by atoms with Crippen molar-refractivity contribution in [3.05, 3.63) is 0 Å². The number of hydrogen-bond donors (Lipinski definition) is 1. The Hall–Kier alpha value is -0.0400. The summed E-state index contributed by atoms with van der Waals surface area (Å²) in [6, 6.07) is 1.50. The summed E-state index contributed by atoms with van der Waals surface area (Å²) in [5.41, 5.74) is 0.687. The van der Waals surface area contributed by atoms with Gasteiger partial charge in [0, 0.05) is 12.1 Å². The molecule has 1 N–H and O–H groups in total. The Balaban J connectivity index is 1.42. The summed E-state index contributed by atoms with van der Waals surface area (Å²) in [5.74, 6) is 4.34. The zero-order valence-corrected chi connectivity index (χ0v) is 12.8. The summed E-state index contributed by atoms with van der Waals surface area (Å²) >= 11 is 0. The predicted octanol–water partition coefficient (Wildman–Crippen LogP) is 4.37. The van der Waals surface area contributed by atoms with E-state index in [2.05, 4.69) is 19.2 Å². The van der Waals surface area contributed by atoms with Crippen molar-refractivity contribution in [2.24, 2.45) is 29.1 Å². The minimum atomic E-state index is 0.687. The first kappa shape index (κ1) is 12.7. The monoisotopic (exact) mass is 261 g/mol. The first-order valence-electron chi connectivity index (χ1n) is 8.89. The van der Waals surface area contributed by atoms with E-state index in [-0.39, 0.29) is 0 Å². The maximum Gasteiger partial charge on any atom is 0.00979 e. The summed E-state index contributed by atoms with van der Waals surface area (Å²) in [4.78, 5) is 0. The second-order valence-electron chi connectivity index (χ2n) is 8.75. The fourth-order valence-electron chi connectivity index (χ4n) is 6.23. The summed E-state index contributed by atoms with van der Waals surface area (Å²) in [5, 5.41) is 4.01. The summed E-state index contributed by atoms with van der Waals surface area (Å²) in [6.07, 6.45) is 13.8. The van der Waals surface area contributed by atoms with E-state index in [4.69, 9.17) is 0 Å². The smallest absolute Gasteiger partial charge is 0.00979 e. The summed E-state index contributed by atoms with van der Waals surface area (Å²) < 4.78 is 0. The zero-order chi connectivity index (χ0) is 13.0. The lowest BCUT2D eigenvalue weighted by Crippen LogP contribution is -2.56. The SMILES string of the molecule is CC(CC1CC1)NC(C)C12CC3CC(CC(C3)C1)C2. The first-order chi connectivity index (χ1) is 9.13. The molecular formula is C18H31N. The molecule has 0 spiro atoms. The maximum absolute atomic E-state index is 4.01. The zero-order valence-electron chi connectivity index (χ0n) is 12.8. The second kappa shape index (κ2) is 4.48. The third kappa shape index (κ3) is 2.37. The minimum absolute atomic E-state index is 0.687. The molecular weight excluding hydrogens is 230 g/mol. The Bertz CT molecular complexity index is 308. The molecule has 19 heavy (non-hydrogen) atoms. The van der Waals surface area contributed by atoms with Crippen molar-refractivity contribution in [2.45, 2.75) is 83.7 Å². The largest absolute Gasteiger partial charge is 0.311 e. The molecule has 4 bridgehead atoms. The molecule has 0 aromatic heterocycles. The van der Waals surface area contributed by atoms with Gasteiger partial charge in [-0.25, -0.2) is 0 Å². The standard InChI is InChI=1S/C18H31N/c1-12(5-14-3-4-14)19-13(2)18-9-15-6-16(10-18)8-17(7-15)11-18/h12-17,19H,3-11H2,1-2H3. The molecule has 1 nitrogen and oxygen atoms in total. The molecule has 108 valence electrons. The van der Waals surface area contributed by atoms with Gasteiger partial charge < -0.3 is 5.32 Å². The van der Waals surface area contributed by atoms with Gasteiger partial charge in [0.05, 0.1) is 0 Å². The number of rotatable bonds is 5. The first-order valence-corrected chi connectivity index (χ1v) is 8.89. The van der Waals surface area contributed by atoms with E-state index >= 15 is 0 Å². The van der Waals surface area contributed by atoms with Crippen LogP contribution in [-0.2, 0) is 0 Å². The van der Waals surface area contributed by atoms with Crippen LogP contribution in [0.3, 0.4) is 0 Å². The Morgan fingerprint density at radius 2 is 1.47 bits per heavy atom. The Morgan fingerprint density at radius 3 is 1.95 bits per heavy atom. The lowest BCUT2D eigenvalue weighted by molar-refractivity contribution is -0.0720. The molecule has 2 atom stereocenters.